The summed E-state index contributed by atoms with van der Waals surface area (Å²) in [6.45, 7) is 3.34. The number of hydrogen-bond acceptors (Lipinski definition) is 4. The standard InChI is InChI=1S/C20H16Cl2N2O3/c1-11-7-8-13(21)9-17(11)24-19(25)12(2)27-20(26)15-10-18(22)23-16-6-4-3-5-14(15)16/h3-10,12H,1-2H3,(H,24,25)/t12-/m1/s1. The average Bonchev–Trinajstić information content (AvgIpc) is 2.63. The molecule has 0 spiro atoms. The molecular formula is C20H16Cl2N2O3. The third kappa shape index (κ3) is 4.38. The van der Waals surface area contributed by atoms with E-state index in [4.69, 9.17) is 27.9 Å². The smallest absolute Gasteiger partial charge is 0.339 e. The first-order chi connectivity index (χ1) is 12.8. The highest BCUT2D eigenvalue weighted by Gasteiger charge is 2.21. The number of carbonyl (C=O) groups excluding carboxylic acids is 2. The molecule has 3 rings (SSSR count). The Hall–Kier alpha value is -2.63. The Labute approximate surface area is 166 Å². The summed E-state index contributed by atoms with van der Waals surface area (Å²) in [6.07, 6.45) is -1.01. The molecule has 5 nitrogen and oxygen atoms in total. The van der Waals surface area contributed by atoms with Gasteiger partial charge in [-0.1, -0.05) is 47.5 Å². The number of hydrogen-bond donors (Lipinski definition) is 1. The van der Waals surface area contributed by atoms with Gasteiger partial charge in [-0.2, -0.15) is 0 Å². The van der Waals surface area contributed by atoms with Crippen LogP contribution in [0.15, 0.2) is 48.5 Å². The summed E-state index contributed by atoms with van der Waals surface area (Å²) in [4.78, 5) is 29.2. The number of carbonyl (C=O) groups is 2. The number of anilines is 1. The van der Waals surface area contributed by atoms with Crippen LogP contribution in [-0.4, -0.2) is 23.0 Å². The highest BCUT2D eigenvalue weighted by molar-refractivity contribution is 6.31. The molecule has 0 fully saturated rings. The SMILES string of the molecule is Cc1ccc(Cl)cc1NC(=O)[C@@H](C)OC(=O)c1cc(Cl)nc2ccccc12. The quantitative estimate of drug-likeness (QED) is 0.490. The number of aryl methyl sites for hydroxylation is 1. The zero-order chi connectivity index (χ0) is 19.6. The van der Waals surface area contributed by atoms with Crippen molar-refractivity contribution in [3.05, 3.63) is 69.8 Å². The summed E-state index contributed by atoms with van der Waals surface area (Å²) in [5, 5.41) is 3.99. The van der Waals surface area contributed by atoms with E-state index in [-0.39, 0.29) is 10.7 Å². The van der Waals surface area contributed by atoms with Crippen LogP contribution in [0, 0.1) is 6.92 Å². The second-order valence-corrected chi connectivity index (χ2v) is 6.83. The number of ether oxygens (including phenoxy) is 1. The van der Waals surface area contributed by atoms with Crippen LogP contribution in [-0.2, 0) is 9.53 Å². The normalized spacial score (nSPS) is 11.9. The van der Waals surface area contributed by atoms with Crippen molar-refractivity contribution in [1.82, 2.24) is 4.98 Å². The Morgan fingerprint density at radius 3 is 2.63 bits per heavy atom. The molecule has 1 amide bonds. The van der Waals surface area contributed by atoms with Crippen LogP contribution in [0.4, 0.5) is 5.69 Å². The second-order valence-electron chi connectivity index (χ2n) is 6.01. The molecule has 0 bridgehead atoms. The van der Waals surface area contributed by atoms with Crippen LogP contribution >= 0.6 is 23.2 Å². The molecule has 1 N–H and O–H groups in total. The molecule has 0 saturated carbocycles. The fourth-order valence-corrected chi connectivity index (χ4v) is 2.93. The summed E-state index contributed by atoms with van der Waals surface area (Å²) < 4.78 is 5.33. The maximum Gasteiger partial charge on any atom is 0.339 e. The largest absolute Gasteiger partial charge is 0.449 e. The average molecular weight is 403 g/mol. The van der Waals surface area contributed by atoms with E-state index in [1.165, 1.54) is 13.0 Å². The fourth-order valence-electron chi connectivity index (χ4n) is 2.55. The molecule has 0 aliphatic rings. The molecule has 0 aliphatic carbocycles. The predicted octanol–water partition coefficient (Wildman–Crippen LogP) is 5.03. The van der Waals surface area contributed by atoms with Crippen LogP contribution in [0.5, 0.6) is 0 Å². The minimum absolute atomic E-state index is 0.173. The number of pyridine rings is 1. The minimum atomic E-state index is -1.01. The molecule has 138 valence electrons. The fraction of sp³-hybridized carbons (Fsp3) is 0.150. The molecule has 0 unspecified atom stereocenters. The first-order valence-corrected chi connectivity index (χ1v) is 8.94. The van der Waals surface area contributed by atoms with Crippen LogP contribution in [0.25, 0.3) is 10.9 Å². The van der Waals surface area contributed by atoms with Gasteiger partial charge in [-0.3, -0.25) is 4.79 Å². The van der Waals surface area contributed by atoms with Gasteiger partial charge in [-0.05, 0) is 43.7 Å². The van der Waals surface area contributed by atoms with E-state index in [1.807, 2.05) is 6.92 Å². The summed E-state index contributed by atoms with van der Waals surface area (Å²) in [5.74, 6) is -1.11. The third-order valence-corrected chi connectivity index (χ3v) is 4.44. The van der Waals surface area contributed by atoms with Crippen molar-refractivity contribution < 1.29 is 14.3 Å². The highest BCUT2D eigenvalue weighted by atomic mass is 35.5. The number of nitrogens with zero attached hydrogens (tertiary/aromatic N) is 1. The molecule has 1 heterocycles. The van der Waals surface area contributed by atoms with Gasteiger partial charge < -0.3 is 10.1 Å². The Morgan fingerprint density at radius 2 is 1.85 bits per heavy atom. The Morgan fingerprint density at radius 1 is 1.11 bits per heavy atom. The molecule has 7 heteroatoms. The number of fused-ring (bicyclic) bond motifs is 1. The monoisotopic (exact) mass is 402 g/mol. The van der Waals surface area contributed by atoms with Gasteiger partial charge in [-0.25, -0.2) is 9.78 Å². The Bertz CT molecular complexity index is 1040. The first-order valence-electron chi connectivity index (χ1n) is 8.18. The van der Waals surface area contributed by atoms with Gasteiger partial charge in [0.15, 0.2) is 6.10 Å². The van der Waals surface area contributed by atoms with E-state index in [2.05, 4.69) is 10.3 Å². The van der Waals surface area contributed by atoms with Gasteiger partial charge in [0.1, 0.15) is 5.15 Å². The van der Waals surface area contributed by atoms with Crippen LogP contribution in [0.2, 0.25) is 10.2 Å². The van der Waals surface area contributed by atoms with Crippen LogP contribution in [0.1, 0.15) is 22.8 Å². The van der Waals surface area contributed by atoms with E-state index >= 15 is 0 Å². The van der Waals surface area contributed by atoms with Crippen molar-refractivity contribution in [1.29, 1.82) is 0 Å². The van der Waals surface area contributed by atoms with Gasteiger partial charge in [0.25, 0.3) is 5.91 Å². The molecule has 1 aromatic heterocycles. The topological polar surface area (TPSA) is 68.3 Å². The molecule has 3 aromatic rings. The number of nitrogens with one attached hydrogen (secondary N) is 1. The van der Waals surface area contributed by atoms with Crippen LogP contribution in [0.3, 0.4) is 0 Å². The van der Waals surface area contributed by atoms with Gasteiger partial charge in [-0.15, -0.1) is 0 Å². The summed E-state index contributed by atoms with van der Waals surface area (Å²) in [6, 6.07) is 13.7. The van der Waals surface area contributed by atoms with E-state index in [1.54, 1.807) is 42.5 Å². The van der Waals surface area contributed by atoms with E-state index in [0.29, 0.717) is 21.6 Å². The van der Waals surface area contributed by atoms with E-state index < -0.39 is 18.0 Å². The van der Waals surface area contributed by atoms with Gasteiger partial charge in [0, 0.05) is 16.1 Å². The van der Waals surface area contributed by atoms with Gasteiger partial charge >= 0.3 is 5.97 Å². The number of amides is 1. The molecule has 2 aromatic carbocycles. The minimum Gasteiger partial charge on any atom is -0.449 e. The van der Waals surface area contributed by atoms with Crippen LogP contribution < -0.4 is 5.32 Å². The Balaban J connectivity index is 1.78. The van der Waals surface area contributed by atoms with Gasteiger partial charge in [0.05, 0.1) is 11.1 Å². The predicted molar refractivity (Wildman–Crippen MR) is 106 cm³/mol. The van der Waals surface area contributed by atoms with Crippen molar-refractivity contribution >= 4 is 51.7 Å². The molecule has 0 saturated heterocycles. The number of para-hydroxylation sites is 1. The number of esters is 1. The lowest BCUT2D eigenvalue weighted by atomic mass is 10.1. The number of benzene rings is 2. The summed E-state index contributed by atoms with van der Waals surface area (Å²) in [5.41, 5.74) is 2.23. The van der Waals surface area contributed by atoms with Crippen molar-refractivity contribution in [3.8, 4) is 0 Å². The number of halogens is 2. The van der Waals surface area contributed by atoms with Crippen molar-refractivity contribution in [3.63, 3.8) is 0 Å². The van der Waals surface area contributed by atoms with E-state index in [9.17, 15) is 9.59 Å². The lowest BCUT2D eigenvalue weighted by molar-refractivity contribution is -0.123. The molecule has 1 atom stereocenters. The van der Waals surface area contributed by atoms with Crippen molar-refractivity contribution in [2.45, 2.75) is 20.0 Å². The lowest BCUT2D eigenvalue weighted by Gasteiger charge is -2.15. The number of aromatic nitrogens is 1. The molecular weight excluding hydrogens is 387 g/mol. The summed E-state index contributed by atoms with van der Waals surface area (Å²) in [7, 11) is 0. The zero-order valence-corrected chi connectivity index (χ0v) is 16.1. The first kappa shape index (κ1) is 19.1. The summed E-state index contributed by atoms with van der Waals surface area (Å²) >= 11 is 12.0. The van der Waals surface area contributed by atoms with Gasteiger partial charge in [0.2, 0.25) is 0 Å². The Kier molecular flexibility index (Phi) is 5.63. The van der Waals surface area contributed by atoms with E-state index in [0.717, 1.165) is 5.56 Å². The lowest BCUT2D eigenvalue weighted by Crippen LogP contribution is -2.30. The third-order valence-electron chi connectivity index (χ3n) is 4.02. The number of rotatable bonds is 4. The maximum absolute atomic E-state index is 12.6. The van der Waals surface area contributed by atoms with Crippen molar-refractivity contribution in [2.75, 3.05) is 5.32 Å². The molecule has 27 heavy (non-hydrogen) atoms. The maximum atomic E-state index is 12.6. The molecule has 0 aliphatic heterocycles. The molecule has 0 radical (unpaired) electrons. The second kappa shape index (κ2) is 7.94. The highest BCUT2D eigenvalue weighted by Crippen LogP contribution is 2.23. The zero-order valence-electron chi connectivity index (χ0n) is 14.6. The van der Waals surface area contributed by atoms with Crippen molar-refractivity contribution in [2.24, 2.45) is 0 Å².